The van der Waals surface area contributed by atoms with Gasteiger partial charge in [0.15, 0.2) is 0 Å². The van der Waals surface area contributed by atoms with Crippen molar-refractivity contribution in [2.45, 2.75) is 59.1 Å². The summed E-state index contributed by atoms with van der Waals surface area (Å²) >= 11 is 1.18. The van der Waals surface area contributed by atoms with Crippen LogP contribution in [0.25, 0.3) is 0 Å². The molecule has 148 valence electrons. The van der Waals surface area contributed by atoms with E-state index in [-0.39, 0.29) is 18.1 Å². The zero-order valence-corrected chi connectivity index (χ0v) is 17.4. The number of amides is 1. The molecule has 26 heavy (non-hydrogen) atoms. The van der Waals surface area contributed by atoms with E-state index in [4.69, 9.17) is 4.74 Å². The van der Waals surface area contributed by atoms with Crippen LogP contribution in [-0.2, 0) is 0 Å². The Bertz CT molecular complexity index is 565. The second kappa shape index (κ2) is 11.3. The molecular formula is C19H33N3O3S. The molecule has 1 aromatic heterocycles. The molecule has 0 aliphatic carbocycles. The van der Waals surface area contributed by atoms with Crippen molar-refractivity contribution in [1.29, 1.82) is 0 Å². The fraction of sp³-hybridized carbons (Fsp3) is 0.684. The Morgan fingerprint density at radius 1 is 1.38 bits per heavy atom. The third kappa shape index (κ3) is 10.5. The van der Waals surface area contributed by atoms with Crippen molar-refractivity contribution in [2.24, 2.45) is 5.92 Å². The van der Waals surface area contributed by atoms with Crippen LogP contribution >= 0.6 is 11.3 Å². The fourth-order valence-corrected chi connectivity index (χ4v) is 2.61. The molecule has 0 bridgehead atoms. The molecule has 3 N–H and O–H groups in total. The second-order valence-electron chi connectivity index (χ2n) is 7.73. The van der Waals surface area contributed by atoms with Gasteiger partial charge in [-0.2, -0.15) is 0 Å². The number of β-amino-alcohol motifs (C(OH)–C–C–N with tert-alkyl or cyclic N) is 1. The number of aliphatic hydroxyl groups is 1. The molecule has 0 aliphatic rings. The summed E-state index contributed by atoms with van der Waals surface area (Å²) in [5.41, 5.74) is -0.0581. The highest BCUT2D eigenvalue weighted by molar-refractivity contribution is 7.15. The summed E-state index contributed by atoms with van der Waals surface area (Å²) in [7, 11) is 0. The van der Waals surface area contributed by atoms with E-state index in [1.54, 1.807) is 0 Å². The summed E-state index contributed by atoms with van der Waals surface area (Å²) in [4.78, 5) is 16.7. The van der Waals surface area contributed by atoms with Gasteiger partial charge in [-0.25, -0.2) is 4.98 Å². The summed E-state index contributed by atoms with van der Waals surface area (Å²) in [5.74, 6) is 0.503. The van der Waals surface area contributed by atoms with Crippen molar-refractivity contribution in [3.8, 4) is 5.19 Å². The van der Waals surface area contributed by atoms with Crippen LogP contribution in [0.3, 0.4) is 0 Å². The average molecular weight is 384 g/mol. The smallest absolute Gasteiger partial charge is 0.273 e. The first-order valence-corrected chi connectivity index (χ1v) is 9.94. The van der Waals surface area contributed by atoms with Crippen LogP contribution in [0.5, 0.6) is 5.19 Å². The summed E-state index contributed by atoms with van der Waals surface area (Å²) in [6.07, 6.45) is 6.98. The molecule has 1 unspecified atom stereocenters. The summed E-state index contributed by atoms with van der Waals surface area (Å²) < 4.78 is 5.47. The van der Waals surface area contributed by atoms with Crippen molar-refractivity contribution in [3.63, 3.8) is 0 Å². The van der Waals surface area contributed by atoms with Gasteiger partial charge in [-0.05, 0) is 39.5 Å². The number of ether oxygens (including phenoxy) is 1. The number of rotatable bonds is 11. The average Bonchev–Trinajstić information content (AvgIpc) is 3.02. The molecule has 0 saturated heterocycles. The van der Waals surface area contributed by atoms with Crippen molar-refractivity contribution < 1.29 is 14.6 Å². The Balaban J connectivity index is 2.28. The van der Waals surface area contributed by atoms with E-state index in [1.165, 1.54) is 17.5 Å². The highest BCUT2D eigenvalue weighted by atomic mass is 32.1. The third-order valence-electron chi connectivity index (χ3n) is 3.35. The Hall–Kier alpha value is -1.44. The Labute approximate surface area is 161 Å². The molecule has 1 rings (SSSR count). The van der Waals surface area contributed by atoms with Crippen molar-refractivity contribution in [3.05, 3.63) is 23.2 Å². The predicted octanol–water partition coefficient (Wildman–Crippen LogP) is 2.99. The maximum absolute atomic E-state index is 12.1. The maximum atomic E-state index is 12.1. The number of carbonyl (C=O) groups is 1. The van der Waals surface area contributed by atoms with Crippen LogP contribution in [0.1, 0.15) is 57.1 Å². The highest BCUT2D eigenvalue weighted by Gasteiger charge is 2.14. The quantitative estimate of drug-likeness (QED) is 0.404. The lowest BCUT2D eigenvalue weighted by Gasteiger charge is -2.22. The first-order valence-electron chi connectivity index (χ1n) is 9.12. The lowest BCUT2D eigenvalue weighted by molar-refractivity contribution is 0.0958. The van der Waals surface area contributed by atoms with E-state index in [9.17, 15) is 9.90 Å². The third-order valence-corrected chi connectivity index (χ3v) is 4.25. The van der Waals surface area contributed by atoms with Crippen LogP contribution < -0.4 is 15.4 Å². The molecule has 7 heteroatoms. The number of aromatic nitrogens is 1. The van der Waals surface area contributed by atoms with E-state index in [1.807, 2.05) is 20.8 Å². The topological polar surface area (TPSA) is 83.5 Å². The van der Waals surface area contributed by atoms with Crippen molar-refractivity contribution in [2.75, 3.05) is 19.7 Å². The Morgan fingerprint density at radius 3 is 2.77 bits per heavy atom. The number of carbonyl (C=O) groups excluding carboxylic acids is 1. The van der Waals surface area contributed by atoms with E-state index in [0.29, 0.717) is 29.1 Å². The Morgan fingerprint density at radius 2 is 2.12 bits per heavy atom. The number of nitrogens with one attached hydrogen (secondary N) is 2. The van der Waals surface area contributed by atoms with Gasteiger partial charge in [0, 0.05) is 18.6 Å². The minimum absolute atomic E-state index is 0.0581. The minimum atomic E-state index is -0.631. The van der Waals surface area contributed by atoms with Crippen LogP contribution in [0.4, 0.5) is 0 Å². The first kappa shape index (κ1) is 22.6. The fourth-order valence-electron chi connectivity index (χ4n) is 1.92. The normalized spacial score (nSPS) is 13.3. The van der Waals surface area contributed by atoms with E-state index < -0.39 is 6.10 Å². The maximum Gasteiger partial charge on any atom is 0.273 e. The number of allylic oxidation sites excluding steroid dienone is 1. The van der Waals surface area contributed by atoms with Gasteiger partial charge in [-0.15, -0.1) is 0 Å². The molecule has 1 amide bonds. The van der Waals surface area contributed by atoms with E-state index >= 15 is 0 Å². The van der Waals surface area contributed by atoms with Gasteiger partial charge in [0.25, 0.3) is 11.1 Å². The van der Waals surface area contributed by atoms with Gasteiger partial charge in [0.1, 0.15) is 17.6 Å². The second-order valence-corrected chi connectivity index (χ2v) is 8.72. The molecular weight excluding hydrogens is 350 g/mol. The summed E-state index contributed by atoms with van der Waals surface area (Å²) in [5, 5.41) is 16.4. The molecule has 1 heterocycles. The van der Waals surface area contributed by atoms with Crippen molar-refractivity contribution in [1.82, 2.24) is 15.6 Å². The summed E-state index contributed by atoms with van der Waals surface area (Å²) in [6.45, 7) is 11.6. The number of hydrogen-bond donors (Lipinski definition) is 3. The first-order chi connectivity index (χ1) is 12.2. The molecule has 6 nitrogen and oxygen atoms in total. The number of nitrogens with zero attached hydrogens (tertiary/aromatic N) is 1. The van der Waals surface area contributed by atoms with Crippen LogP contribution in [0, 0.1) is 5.92 Å². The van der Waals surface area contributed by atoms with Gasteiger partial charge in [-0.1, -0.05) is 37.3 Å². The molecule has 0 fully saturated rings. The molecule has 0 aromatic carbocycles. The van der Waals surface area contributed by atoms with Gasteiger partial charge < -0.3 is 20.5 Å². The minimum Gasteiger partial charge on any atom is -0.467 e. The monoisotopic (exact) mass is 383 g/mol. The van der Waals surface area contributed by atoms with Crippen LogP contribution in [-0.4, -0.2) is 47.3 Å². The lowest BCUT2D eigenvalue weighted by atomic mass is 10.1. The predicted molar refractivity (Wildman–Crippen MR) is 107 cm³/mol. The SMILES string of the molecule is CC(C)C/C=C\CCNC(=O)c1cnc(OCC(O)CNC(C)(C)C)s1. The molecule has 0 radical (unpaired) electrons. The van der Waals surface area contributed by atoms with Gasteiger partial charge in [0.2, 0.25) is 0 Å². The van der Waals surface area contributed by atoms with E-state index in [0.717, 1.165) is 12.8 Å². The van der Waals surface area contributed by atoms with Crippen LogP contribution in [0.15, 0.2) is 18.3 Å². The number of thiazole rings is 1. The summed E-state index contributed by atoms with van der Waals surface area (Å²) in [6, 6.07) is 0. The molecule has 1 aromatic rings. The zero-order valence-electron chi connectivity index (χ0n) is 16.5. The molecule has 1 atom stereocenters. The molecule has 0 spiro atoms. The molecule has 0 aliphatic heterocycles. The van der Waals surface area contributed by atoms with Crippen molar-refractivity contribution >= 4 is 17.2 Å². The zero-order chi connectivity index (χ0) is 19.6. The van der Waals surface area contributed by atoms with E-state index in [2.05, 4.69) is 41.6 Å². The number of hydrogen-bond acceptors (Lipinski definition) is 6. The Kier molecular flexibility index (Phi) is 9.83. The molecule has 0 saturated carbocycles. The highest BCUT2D eigenvalue weighted by Crippen LogP contribution is 2.20. The lowest BCUT2D eigenvalue weighted by Crippen LogP contribution is -2.42. The van der Waals surface area contributed by atoms with Crippen LogP contribution in [0.2, 0.25) is 0 Å². The number of aliphatic hydroxyl groups excluding tert-OH is 1. The van der Waals surface area contributed by atoms with Gasteiger partial charge >= 0.3 is 0 Å². The largest absolute Gasteiger partial charge is 0.467 e. The van der Waals surface area contributed by atoms with Gasteiger partial charge in [0.05, 0.1) is 6.20 Å². The standard InChI is InChI=1S/C19H33N3O3S/c1-14(2)9-7-6-8-10-20-17(24)16-12-21-18(26-16)25-13-15(23)11-22-19(3,4)5/h6-7,12,14-15,22-23H,8-11,13H2,1-5H3,(H,20,24)/b7-6-. The van der Waals surface area contributed by atoms with Gasteiger partial charge in [-0.3, -0.25) is 4.79 Å².